The second kappa shape index (κ2) is 7.14. The molecule has 3 aliphatic rings. The molecule has 20 heavy (non-hydrogen) atoms. The lowest BCUT2D eigenvalue weighted by Crippen LogP contribution is -2.49. The minimum atomic E-state index is 0.0518. The molecule has 1 aliphatic carbocycles. The van der Waals surface area contributed by atoms with Crippen molar-refractivity contribution in [2.75, 3.05) is 31.3 Å². The lowest BCUT2D eigenvalue weighted by atomic mass is 10.1. The average molecular weight is 298 g/mol. The zero-order valence-corrected chi connectivity index (χ0v) is 13.0. The monoisotopic (exact) mass is 298 g/mol. The van der Waals surface area contributed by atoms with Crippen molar-refractivity contribution in [3.63, 3.8) is 0 Å². The van der Waals surface area contributed by atoms with Crippen molar-refractivity contribution in [2.45, 2.75) is 50.7 Å². The Labute approximate surface area is 126 Å². The molecular weight excluding hydrogens is 272 g/mol. The number of amides is 1. The summed E-state index contributed by atoms with van der Waals surface area (Å²) in [6.45, 7) is 2.69. The van der Waals surface area contributed by atoms with Crippen LogP contribution in [0.4, 0.5) is 0 Å². The molecule has 2 aliphatic heterocycles. The van der Waals surface area contributed by atoms with E-state index in [4.69, 9.17) is 4.74 Å². The summed E-state index contributed by atoms with van der Waals surface area (Å²) in [5.74, 6) is 2.94. The Morgan fingerprint density at radius 2 is 1.95 bits per heavy atom. The number of thioether (sulfide) groups is 1. The molecule has 2 heterocycles. The Balaban J connectivity index is 1.36. The molecule has 3 fully saturated rings. The molecule has 0 aromatic rings. The molecule has 0 bridgehead atoms. The molecule has 1 unspecified atom stereocenters. The van der Waals surface area contributed by atoms with Crippen molar-refractivity contribution in [3.05, 3.63) is 0 Å². The Kier molecular flexibility index (Phi) is 5.24. The fourth-order valence-corrected chi connectivity index (χ4v) is 4.40. The van der Waals surface area contributed by atoms with E-state index in [1.54, 1.807) is 0 Å². The number of carbonyl (C=O) groups is 1. The van der Waals surface area contributed by atoms with Crippen molar-refractivity contribution >= 4 is 17.7 Å². The maximum Gasteiger partial charge on any atom is 0.240 e. The maximum absolute atomic E-state index is 12.3. The van der Waals surface area contributed by atoms with E-state index in [0.29, 0.717) is 12.0 Å². The van der Waals surface area contributed by atoms with Crippen LogP contribution < -0.4 is 5.32 Å². The topological polar surface area (TPSA) is 41.6 Å². The number of nitrogens with zero attached hydrogens (tertiary/aromatic N) is 1. The molecule has 5 heteroatoms. The number of carbonyl (C=O) groups excluding carboxylic acids is 1. The highest BCUT2D eigenvalue weighted by Crippen LogP contribution is 2.26. The Morgan fingerprint density at radius 3 is 2.60 bits per heavy atom. The molecule has 1 N–H and O–H groups in total. The highest BCUT2D eigenvalue weighted by atomic mass is 32.2. The third-order valence-corrected chi connectivity index (χ3v) is 5.75. The summed E-state index contributed by atoms with van der Waals surface area (Å²) in [4.78, 5) is 14.3. The number of rotatable bonds is 4. The predicted molar refractivity (Wildman–Crippen MR) is 81.8 cm³/mol. The van der Waals surface area contributed by atoms with Crippen LogP contribution in [0.3, 0.4) is 0 Å². The zero-order valence-electron chi connectivity index (χ0n) is 12.2. The highest BCUT2D eigenvalue weighted by molar-refractivity contribution is 7.99. The molecule has 2 saturated heterocycles. The van der Waals surface area contributed by atoms with Gasteiger partial charge in [-0.15, -0.1) is 11.8 Å². The molecule has 3 rings (SSSR count). The average Bonchev–Trinajstić information content (AvgIpc) is 3.18. The molecule has 0 aromatic carbocycles. The first kappa shape index (κ1) is 14.7. The summed E-state index contributed by atoms with van der Waals surface area (Å²) < 4.78 is 6.06. The summed E-state index contributed by atoms with van der Waals surface area (Å²) in [5, 5.41) is 3.27. The fourth-order valence-electron chi connectivity index (χ4n) is 3.47. The van der Waals surface area contributed by atoms with Crippen molar-refractivity contribution in [2.24, 2.45) is 5.92 Å². The largest absolute Gasteiger partial charge is 0.378 e. The van der Waals surface area contributed by atoms with Crippen LogP contribution in [0.15, 0.2) is 0 Å². The summed E-state index contributed by atoms with van der Waals surface area (Å²) >= 11 is 1.81. The quantitative estimate of drug-likeness (QED) is 0.860. The Bertz CT molecular complexity index is 320. The van der Waals surface area contributed by atoms with E-state index in [-0.39, 0.29) is 6.04 Å². The number of hydrogen-bond donors (Lipinski definition) is 1. The van der Waals surface area contributed by atoms with Crippen molar-refractivity contribution in [1.29, 1.82) is 0 Å². The molecule has 1 atom stereocenters. The SMILES string of the molecule is O=C(C1CSCN1)N1CCC(OCC2CCCC2)CC1. The standard InChI is InChI=1S/C15H26N2O2S/c18-15(14-10-20-11-16-14)17-7-5-13(6-8-17)19-9-12-3-1-2-4-12/h12-14,16H,1-11H2. The lowest BCUT2D eigenvalue weighted by Gasteiger charge is -2.33. The lowest BCUT2D eigenvalue weighted by molar-refractivity contribution is -0.135. The van der Waals surface area contributed by atoms with Gasteiger partial charge in [0.15, 0.2) is 0 Å². The summed E-state index contributed by atoms with van der Waals surface area (Å²) in [6.07, 6.45) is 7.87. The van der Waals surface area contributed by atoms with Gasteiger partial charge in [0, 0.05) is 31.3 Å². The van der Waals surface area contributed by atoms with Gasteiger partial charge in [0.25, 0.3) is 0 Å². The van der Waals surface area contributed by atoms with E-state index in [1.165, 1.54) is 25.7 Å². The number of hydrogen-bond acceptors (Lipinski definition) is 4. The van der Waals surface area contributed by atoms with E-state index < -0.39 is 0 Å². The van der Waals surface area contributed by atoms with Gasteiger partial charge in [-0.05, 0) is 31.6 Å². The minimum Gasteiger partial charge on any atom is -0.378 e. The number of ether oxygens (including phenoxy) is 1. The van der Waals surface area contributed by atoms with E-state index in [2.05, 4.69) is 5.32 Å². The summed E-state index contributed by atoms with van der Waals surface area (Å²) in [7, 11) is 0. The number of likely N-dealkylation sites (tertiary alicyclic amines) is 1. The summed E-state index contributed by atoms with van der Waals surface area (Å²) in [6, 6.07) is 0.0518. The number of piperidine rings is 1. The highest BCUT2D eigenvalue weighted by Gasteiger charge is 2.30. The van der Waals surface area contributed by atoms with Crippen molar-refractivity contribution in [1.82, 2.24) is 10.2 Å². The van der Waals surface area contributed by atoms with Gasteiger partial charge in [0.1, 0.15) is 0 Å². The zero-order chi connectivity index (χ0) is 13.8. The second-order valence-corrected chi connectivity index (χ2v) is 7.31. The van der Waals surface area contributed by atoms with E-state index >= 15 is 0 Å². The Hall–Kier alpha value is -0.260. The van der Waals surface area contributed by atoms with Crippen LogP contribution in [0.25, 0.3) is 0 Å². The third kappa shape index (κ3) is 3.68. The maximum atomic E-state index is 12.3. The van der Waals surface area contributed by atoms with Gasteiger partial charge < -0.3 is 9.64 Å². The van der Waals surface area contributed by atoms with Gasteiger partial charge in [-0.2, -0.15) is 0 Å². The van der Waals surface area contributed by atoms with Crippen molar-refractivity contribution in [3.8, 4) is 0 Å². The minimum absolute atomic E-state index is 0.0518. The van der Waals surface area contributed by atoms with Crippen LogP contribution in [0.2, 0.25) is 0 Å². The fraction of sp³-hybridized carbons (Fsp3) is 0.933. The summed E-state index contributed by atoms with van der Waals surface area (Å²) in [5.41, 5.74) is 0. The first-order valence-corrected chi connectivity index (χ1v) is 9.20. The van der Waals surface area contributed by atoms with Crippen molar-refractivity contribution < 1.29 is 9.53 Å². The molecular formula is C15H26N2O2S. The number of nitrogens with one attached hydrogen (secondary N) is 1. The predicted octanol–water partition coefficient (Wildman–Crippen LogP) is 1.85. The molecule has 0 spiro atoms. The molecule has 1 saturated carbocycles. The van der Waals surface area contributed by atoms with E-state index in [0.717, 1.165) is 50.1 Å². The van der Waals surface area contributed by atoms with Crippen LogP contribution in [-0.4, -0.2) is 54.3 Å². The van der Waals surface area contributed by atoms with Crippen LogP contribution in [-0.2, 0) is 9.53 Å². The van der Waals surface area contributed by atoms with E-state index in [1.807, 2.05) is 16.7 Å². The molecule has 114 valence electrons. The molecule has 1 amide bonds. The van der Waals surface area contributed by atoms with Crippen LogP contribution in [0.1, 0.15) is 38.5 Å². The van der Waals surface area contributed by atoms with Gasteiger partial charge in [-0.25, -0.2) is 0 Å². The molecule has 0 radical (unpaired) electrons. The van der Waals surface area contributed by atoms with Gasteiger partial charge in [-0.1, -0.05) is 12.8 Å². The van der Waals surface area contributed by atoms with Gasteiger partial charge in [0.05, 0.1) is 12.1 Å². The first-order chi connectivity index (χ1) is 9.83. The van der Waals surface area contributed by atoms with Crippen LogP contribution in [0.5, 0.6) is 0 Å². The Morgan fingerprint density at radius 1 is 1.20 bits per heavy atom. The van der Waals surface area contributed by atoms with Crippen LogP contribution >= 0.6 is 11.8 Å². The van der Waals surface area contributed by atoms with Gasteiger partial charge in [-0.3, -0.25) is 10.1 Å². The third-order valence-electron chi connectivity index (χ3n) is 4.81. The second-order valence-electron chi connectivity index (χ2n) is 6.28. The first-order valence-electron chi connectivity index (χ1n) is 8.04. The normalized spacial score (nSPS) is 29.2. The molecule has 0 aromatic heterocycles. The van der Waals surface area contributed by atoms with E-state index in [9.17, 15) is 4.79 Å². The smallest absolute Gasteiger partial charge is 0.240 e. The van der Waals surface area contributed by atoms with Crippen LogP contribution in [0, 0.1) is 5.92 Å². The van der Waals surface area contributed by atoms with Gasteiger partial charge >= 0.3 is 0 Å². The molecule has 4 nitrogen and oxygen atoms in total. The van der Waals surface area contributed by atoms with Gasteiger partial charge in [0.2, 0.25) is 5.91 Å².